The Balaban J connectivity index is 1.62. The molecule has 122 valence electrons. The van der Waals surface area contributed by atoms with E-state index in [-0.39, 0.29) is 18.0 Å². The number of amides is 1. The van der Waals surface area contributed by atoms with Gasteiger partial charge in [0, 0.05) is 24.0 Å². The molecular weight excluding hydrogens is 316 g/mol. The van der Waals surface area contributed by atoms with E-state index >= 15 is 0 Å². The fraction of sp³-hybridized carbons (Fsp3) is 0.467. The van der Waals surface area contributed by atoms with Crippen molar-refractivity contribution in [2.75, 3.05) is 12.8 Å². The number of piperidine rings is 1. The first kappa shape index (κ1) is 14.6. The molecule has 1 aliphatic heterocycles. The largest absolute Gasteiger partial charge is 0.332 e. The van der Waals surface area contributed by atoms with Gasteiger partial charge in [0.15, 0.2) is 5.69 Å². The molecule has 0 radical (unpaired) electrons. The van der Waals surface area contributed by atoms with Gasteiger partial charge in [-0.05, 0) is 24.8 Å². The zero-order chi connectivity index (χ0) is 16.2. The highest BCUT2D eigenvalue weighted by atomic mass is 32.2. The van der Waals surface area contributed by atoms with Crippen LogP contribution in [0.25, 0.3) is 10.9 Å². The van der Waals surface area contributed by atoms with Gasteiger partial charge in [-0.1, -0.05) is 18.2 Å². The number of hydrogen-bond acceptors (Lipinski definition) is 4. The number of nitrogens with zero attached hydrogens (tertiary/aromatic N) is 2. The summed E-state index contributed by atoms with van der Waals surface area (Å²) >= 11 is 0. The molecule has 2 aromatic rings. The average Bonchev–Trinajstić information content (AvgIpc) is 3.17. The van der Waals surface area contributed by atoms with E-state index in [0.29, 0.717) is 18.2 Å². The number of H-pyrrole nitrogens is 1. The number of hydrogen-bond donors (Lipinski definition) is 2. The van der Waals surface area contributed by atoms with Crippen molar-refractivity contribution in [2.24, 2.45) is 5.92 Å². The van der Waals surface area contributed by atoms with Crippen LogP contribution in [-0.2, 0) is 10.0 Å². The SMILES string of the molecule is CS(=O)(=O)N[C@H]1C[C@@H]2C[C@H]1N(C(=O)c1n[nH]c3ccccc13)C2. The van der Waals surface area contributed by atoms with Crippen LogP contribution in [0.3, 0.4) is 0 Å². The molecule has 0 unspecified atom stereocenters. The Morgan fingerprint density at radius 3 is 2.87 bits per heavy atom. The number of sulfonamides is 1. The first-order chi connectivity index (χ1) is 10.9. The molecule has 7 nitrogen and oxygen atoms in total. The molecule has 2 aliphatic rings. The number of para-hydroxylation sites is 1. The minimum atomic E-state index is -3.28. The Morgan fingerprint density at radius 1 is 1.35 bits per heavy atom. The monoisotopic (exact) mass is 334 g/mol. The summed E-state index contributed by atoms with van der Waals surface area (Å²) in [6.07, 6.45) is 2.80. The Bertz CT molecular complexity index is 876. The number of aromatic nitrogens is 2. The topological polar surface area (TPSA) is 95.2 Å². The Morgan fingerprint density at radius 2 is 2.13 bits per heavy atom. The van der Waals surface area contributed by atoms with Crippen molar-refractivity contribution in [3.05, 3.63) is 30.0 Å². The van der Waals surface area contributed by atoms with Crippen molar-refractivity contribution in [1.29, 1.82) is 0 Å². The quantitative estimate of drug-likeness (QED) is 0.864. The van der Waals surface area contributed by atoms with E-state index in [1.807, 2.05) is 24.3 Å². The van der Waals surface area contributed by atoms with Crippen LogP contribution in [0.15, 0.2) is 24.3 Å². The van der Waals surface area contributed by atoms with Crippen LogP contribution in [0.2, 0.25) is 0 Å². The molecule has 1 aromatic heterocycles. The van der Waals surface area contributed by atoms with Crippen LogP contribution in [0.5, 0.6) is 0 Å². The molecule has 3 atom stereocenters. The molecule has 2 heterocycles. The van der Waals surface area contributed by atoms with Gasteiger partial charge < -0.3 is 4.90 Å². The zero-order valence-corrected chi connectivity index (χ0v) is 13.5. The van der Waals surface area contributed by atoms with Crippen molar-refractivity contribution < 1.29 is 13.2 Å². The van der Waals surface area contributed by atoms with Crippen molar-refractivity contribution >= 4 is 26.8 Å². The highest BCUT2D eigenvalue weighted by Crippen LogP contribution is 2.39. The summed E-state index contributed by atoms with van der Waals surface area (Å²) in [5, 5.41) is 7.84. The van der Waals surface area contributed by atoms with Gasteiger partial charge in [-0.2, -0.15) is 5.10 Å². The molecule has 2 N–H and O–H groups in total. The van der Waals surface area contributed by atoms with Crippen molar-refractivity contribution in [1.82, 2.24) is 19.8 Å². The van der Waals surface area contributed by atoms with Crippen molar-refractivity contribution in [3.63, 3.8) is 0 Å². The van der Waals surface area contributed by atoms with Gasteiger partial charge >= 0.3 is 0 Å². The third-order valence-corrected chi connectivity index (χ3v) is 5.51. The highest BCUT2D eigenvalue weighted by molar-refractivity contribution is 7.88. The van der Waals surface area contributed by atoms with Crippen LogP contribution in [0.4, 0.5) is 0 Å². The molecule has 1 aliphatic carbocycles. The van der Waals surface area contributed by atoms with Crippen molar-refractivity contribution in [3.8, 4) is 0 Å². The van der Waals surface area contributed by atoms with Gasteiger partial charge in [0.25, 0.3) is 5.91 Å². The fourth-order valence-corrected chi connectivity index (χ4v) is 4.73. The summed E-state index contributed by atoms with van der Waals surface area (Å²) < 4.78 is 25.7. The Kier molecular flexibility index (Phi) is 3.21. The lowest BCUT2D eigenvalue weighted by molar-refractivity contribution is 0.0674. The molecular formula is C15H18N4O3S. The first-order valence-corrected chi connectivity index (χ1v) is 9.53. The lowest BCUT2D eigenvalue weighted by Crippen LogP contribution is -2.51. The van der Waals surface area contributed by atoms with Crippen LogP contribution < -0.4 is 4.72 Å². The van der Waals surface area contributed by atoms with Crippen molar-refractivity contribution in [2.45, 2.75) is 24.9 Å². The maximum Gasteiger partial charge on any atom is 0.275 e. The number of aromatic amines is 1. The summed E-state index contributed by atoms with van der Waals surface area (Å²) in [4.78, 5) is 14.7. The standard InChI is InChI=1S/C15H18N4O3S/c1-23(21,22)18-12-6-9-7-13(12)19(8-9)15(20)14-10-4-2-3-5-11(10)16-17-14/h2-5,9,12-13,18H,6-8H2,1H3,(H,16,17)/t9-,12+,13-/m1/s1. The van der Waals surface area contributed by atoms with Crippen LogP contribution in [-0.4, -0.2) is 54.3 Å². The number of rotatable bonds is 3. The van der Waals surface area contributed by atoms with E-state index in [1.165, 1.54) is 0 Å². The predicted octanol–water partition coefficient (Wildman–Crippen LogP) is 0.715. The van der Waals surface area contributed by atoms with Gasteiger partial charge in [0.2, 0.25) is 10.0 Å². The molecule has 4 rings (SSSR count). The predicted molar refractivity (Wildman–Crippen MR) is 85.4 cm³/mol. The summed E-state index contributed by atoms with van der Waals surface area (Å²) in [7, 11) is -3.28. The van der Waals surface area contributed by atoms with Crippen LogP contribution >= 0.6 is 0 Å². The van der Waals surface area contributed by atoms with E-state index in [9.17, 15) is 13.2 Å². The Hall–Kier alpha value is -1.93. The van der Waals surface area contributed by atoms with Gasteiger partial charge in [-0.3, -0.25) is 9.89 Å². The molecule has 2 bridgehead atoms. The fourth-order valence-electron chi connectivity index (χ4n) is 3.92. The number of likely N-dealkylation sites (tertiary alicyclic amines) is 1. The number of fused-ring (bicyclic) bond motifs is 3. The third kappa shape index (κ3) is 2.51. The lowest BCUT2D eigenvalue weighted by Gasteiger charge is -2.32. The minimum absolute atomic E-state index is 0.0855. The second-order valence-corrected chi connectivity index (χ2v) is 8.26. The van der Waals surface area contributed by atoms with E-state index in [2.05, 4.69) is 14.9 Å². The molecule has 1 aromatic carbocycles. The number of nitrogens with one attached hydrogen (secondary N) is 2. The van der Waals surface area contributed by atoms with Crippen LogP contribution in [0.1, 0.15) is 23.3 Å². The smallest absolute Gasteiger partial charge is 0.275 e. The zero-order valence-electron chi connectivity index (χ0n) is 12.7. The number of carbonyl (C=O) groups is 1. The number of carbonyl (C=O) groups excluding carboxylic acids is 1. The lowest BCUT2D eigenvalue weighted by atomic mass is 10.1. The van der Waals surface area contributed by atoms with Gasteiger partial charge in [0.1, 0.15) is 0 Å². The normalized spacial score (nSPS) is 27.0. The third-order valence-electron chi connectivity index (χ3n) is 4.78. The highest BCUT2D eigenvalue weighted by Gasteiger charge is 2.48. The molecule has 8 heteroatoms. The van der Waals surface area contributed by atoms with Crippen LogP contribution in [0, 0.1) is 5.92 Å². The summed E-state index contributed by atoms with van der Waals surface area (Å²) in [5.74, 6) is 0.225. The summed E-state index contributed by atoms with van der Waals surface area (Å²) in [6, 6.07) is 7.23. The van der Waals surface area contributed by atoms with Gasteiger partial charge in [-0.15, -0.1) is 0 Å². The second-order valence-electron chi connectivity index (χ2n) is 6.48. The molecule has 23 heavy (non-hydrogen) atoms. The van der Waals surface area contributed by atoms with E-state index in [1.54, 1.807) is 4.90 Å². The van der Waals surface area contributed by atoms with Gasteiger partial charge in [-0.25, -0.2) is 13.1 Å². The molecule has 0 spiro atoms. The molecule has 1 amide bonds. The Labute approximate surface area is 134 Å². The average molecular weight is 334 g/mol. The minimum Gasteiger partial charge on any atom is -0.332 e. The second kappa shape index (κ2) is 5.04. The molecule has 1 saturated heterocycles. The van der Waals surface area contributed by atoms with E-state index in [0.717, 1.165) is 30.0 Å². The summed E-state index contributed by atoms with van der Waals surface area (Å²) in [5.41, 5.74) is 1.23. The molecule has 2 fully saturated rings. The van der Waals surface area contributed by atoms with E-state index < -0.39 is 10.0 Å². The maximum atomic E-state index is 12.9. The van der Waals surface area contributed by atoms with Gasteiger partial charge in [0.05, 0.1) is 11.8 Å². The number of benzene rings is 1. The first-order valence-electron chi connectivity index (χ1n) is 7.64. The summed E-state index contributed by atoms with van der Waals surface area (Å²) in [6.45, 7) is 0.673. The van der Waals surface area contributed by atoms with E-state index in [4.69, 9.17) is 0 Å². The maximum absolute atomic E-state index is 12.9. The molecule has 1 saturated carbocycles.